The molecule has 0 aromatic carbocycles. The van der Waals surface area contributed by atoms with Crippen molar-refractivity contribution >= 4 is 33.1 Å². The molecule has 2 rings (SSSR count). The van der Waals surface area contributed by atoms with Gasteiger partial charge in [-0.3, -0.25) is 4.72 Å². The van der Waals surface area contributed by atoms with E-state index in [4.69, 9.17) is 5.11 Å². The highest BCUT2D eigenvalue weighted by atomic mass is 32.2. The van der Waals surface area contributed by atoms with Crippen molar-refractivity contribution < 1.29 is 18.3 Å². The minimum atomic E-state index is -3.79. The highest BCUT2D eigenvalue weighted by Crippen LogP contribution is 2.21. The van der Waals surface area contributed by atoms with E-state index in [-0.39, 0.29) is 15.6 Å². The Balaban J connectivity index is 2.28. The molecule has 94 valence electrons. The molecule has 0 fully saturated rings. The van der Waals surface area contributed by atoms with Crippen LogP contribution in [0.2, 0.25) is 0 Å². The molecule has 0 aliphatic carbocycles. The van der Waals surface area contributed by atoms with E-state index < -0.39 is 16.0 Å². The number of sulfonamides is 1. The van der Waals surface area contributed by atoms with E-state index in [1.165, 1.54) is 17.6 Å². The van der Waals surface area contributed by atoms with Gasteiger partial charge in [0.15, 0.2) is 0 Å². The molecule has 6 nitrogen and oxygen atoms in total. The topological polar surface area (TPSA) is 96.4 Å². The van der Waals surface area contributed by atoms with Gasteiger partial charge in [0.25, 0.3) is 10.0 Å². The smallest absolute Gasteiger partial charge is 0.345 e. The van der Waals surface area contributed by atoms with Gasteiger partial charge in [-0.1, -0.05) is 6.07 Å². The molecular weight excluding hydrogens is 276 g/mol. The van der Waals surface area contributed by atoms with Gasteiger partial charge in [-0.25, -0.2) is 18.2 Å². The van der Waals surface area contributed by atoms with Gasteiger partial charge in [0.05, 0.1) is 4.90 Å². The Morgan fingerprint density at radius 1 is 1.39 bits per heavy atom. The zero-order valence-electron chi connectivity index (χ0n) is 8.90. The summed E-state index contributed by atoms with van der Waals surface area (Å²) in [5.74, 6) is -0.972. The third kappa shape index (κ3) is 2.66. The van der Waals surface area contributed by atoms with Crippen molar-refractivity contribution in [3.05, 3.63) is 40.7 Å². The van der Waals surface area contributed by atoms with Gasteiger partial charge in [-0.15, -0.1) is 11.3 Å². The average molecular weight is 284 g/mol. The van der Waals surface area contributed by atoms with Gasteiger partial charge >= 0.3 is 5.97 Å². The first-order valence-electron chi connectivity index (χ1n) is 4.75. The molecule has 0 saturated carbocycles. The number of hydrogen-bond acceptors (Lipinski definition) is 5. The molecule has 0 aliphatic heterocycles. The van der Waals surface area contributed by atoms with Crippen LogP contribution in [0.15, 0.2) is 40.7 Å². The van der Waals surface area contributed by atoms with Gasteiger partial charge in [0.1, 0.15) is 10.7 Å². The molecule has 0 saturated heterocycles. The van der Waals surface area contributed by atoms with Crippen LogP contribution in [0.3, 0.4) is 0 Å². The van der Waals surface area contributed by atoms with Gasteiger partial charge in [0.2, 0.25) is 0 Å². The Morgan fingerprint density at radius 3 is 2.72 bits per heavy atom. The number of thiophene rings is 1. The van der Waals surface area contributed by atoms with E-state index in [0.29, 0.717) is 0 Å². The summed E-state index contributed by atoms with van der Waals surface area (Å²) >= 11 is 0.856. The maximum absolute atomic E-state index is 11.9. The predicted molar refractivity (Wildman–Crippen MR) is 66.3 cm³/mol. The minimum absolute atomic E-state index is 0.0311. The third-order valence-corrected chi connectivity index (χ3v) is 4.40. The first-order chi connectivity index (χ1) is 8.49. The summed E-state index contributed by atoms with van der Waals surface area (Å²) < 4.78 is 26.1. The number of rotatable bonds is 4. The summed E-state index contributed by atoms with van der Waals surface area (Å²) in [7, 11) is -3.79. The van der Waals surface area contributed by atoms with Crippen LogP contribution in [0.1, 0.15) is 9.67 Å². The number of aromatic nitrogens is 1. The second-order valence-corrected chi connectivity index (χ2v) is 5.87. The molecule has 8 heteroatoms. The standard InChI is InChI=1S/C10H8N2O4S2/c13-10(14)8-5-7(6-17-8)18(15,16)12-9-3-1-2-4-11-9/h1-6H,(H,11,12)(H,13,14). The van der Waals surface area contributed by atoms with Crippen LogP contribution in [0, 0.1) is 0 Å². The summed E-state index contributed by atoms with van der Waals surface area (Å²) in [6, 6.07) is 5.91. The summed E-state index contributed by atoms with van der Waals surface area (Å²) in [5.41, 5.74) is 0. The Kier molecular flexibility index (Phi) is 3.30. The third-order valence-electron chi connectivity index (χ3n) is 2.00. The zero-order valence-corrected chi connectivity index (χ0v) is 10.5. The largest absolute Gasteiger partial charge is 0.477 e. The Bertz CT molecular complexity index is 664. The summed E-state index contributed by atoms with van der Waals surface area (Å²) in [4.78, 5) is 14.4. The molecule has 0 aliphatic rings. The molecule has 0 atom stereocenters. The van der Waals surface area contributed by atoms with Crippen LogP contribution >= 0.6 is 11.3 Å². The predicted octanol–water partition coefficient (Wildman–Crippen LogP) is 1.64. The molecular formula is C10H8N2O4S2. The van der Waals surface area contributed by atoms with E-state index in [1.54, 1.807) is 12.1 Å². The van der Waals surface area contributed by atoms with E-state index in [9.17, 15) is 13.2 Å². The van der Waals surface area contributed by atoms with Crippen molar-refractivity contribution in [1.82, 2.24) is 4.98 Å². The second-order valence-electron chi connectivity index (χ2n) is 3.27. The molecule has 0 amide bonds. The average Bonchev–Trinajstić information content (AvgIpc) is 2.79. The van der Waals surface area contributed by atoms with E-state index >= 15 is 0 Å². The minimum Gasteiger partial charge on any atom is -0.477 e. The molecule has 2 aromatic rings. The van der Waals surface area contributed by atoms with Gasteiger partial charge < -0.3 is 5.11 Å². The number of carbonyl (C=O) groups is 1. The van der Waals surface area contributed by atoms with Gasteiger partial charge in [0, 0.05) is 11.6 Å². The number of nitrogens with zero attached hydrogens (tertiary/aromatic N) is 1. The fourth-order valence-corrected chi connectivity index (χ4v) is 3.31. The van der Waals surface area contributed by atoms with Crippen LogP contribution in [0.25, 0.3) is 0 Å². The number of hydrogen-bond donors (Lipinski definition) is 2. The van der Waals surface area contributed by atoms with Crippen molar-refractivity contribution in [3.63, 3.8) is 0 Å². The normalized spacial score (nSPS) is 11.1. The molecule has 0 unspecified atom stereocenters. The van der Waals surface area contributed by atoms with Crippen molar-refractivity contribution in [1.29, 1.82) is 0 Å². The lowest BCUT2D eigenvalue weighted by molar-refractivity contribution is 0.0702. The molecule has 0 bridgehead atoms. The first kappa shape index (κ1) is 12.5. The van der Waals surface area contributed by atoms with Crippen molar-refractivity contribution in [2.45, 2.75) is 4.90 Å². The first-order valence-corrected chi connectivity index (χ1v) is 7.11. The van der Waals surface area contributed by atoms with Crippen LogP contribution in [0.5, 0.6) is 0 Å². The Hall–Kier alpha value is -1.93. The van der Waals surface area contributed by atoms with Crippen LogP contribution < -0.4 is 4.72 Å². The number of carboxylic acids is 1. The maximum atomic E-state index is 11.9. The number of carboxylic acid groups (broad SMARTS) is 1. The van der Waals surface area contributed by atoms with E-state index in [2.05, 4.69) is 9.71 Å². The number of anilines is 1. The van der Waals surface area contributed by atoms with Crippen LogP contribution in [-0.4, -0.2) is 24.5 Å². The molecule has 2 N–H and O–H groups in total. The maximum Gasteiger partial charge on any atom is 0.345 e. The Morgan fingerprint density at radius 2 is 2.17 bits per heavy atom. The lowest BCUT2D eigenvalue weighted by Crippen LogP contribution is -2.13. The number of pyridine rings is 1. The summed E-state index contributed by atoms with van der Waals surface area (Å²) in [6.45, 7) is 0. The van der Waals surface area contributed by atoms with Gasteiger partial charge in [-0.05, 0) is 18.2 Å². The lowest BCUT2D eigenvalue weighted by atomic mass is 10.5. The van der Waals surface area contributed by atoms with Crippen molar-refractivity contribution in [3.8, 4) is 0 Å². The monoisotopic (exact) mass is 284 g/mol. The van der Waals surface area contributed by atoms with Gasteiger partial charge in [-0.2, -0.15) is 0 Å². The number of nitrogens with one attached hydrogen (secondary N) is 1. The SMILES string of the molecule is O=C(O)c1cc(S(=O)(=O)Nc2ccccn2)cs1. The summed E-state index contributed by atoms with van der Waals surface area (Å²) in [6.07, 6.45) is 1.45. The molecule has 18 heavy (non-hydrogen) atoms. The highest BCUT2D eigenvalue weighted by molar-refractivity contribution is 7.92. The van der Waals surface area contributed by atoms with E-state index in [0.717, 1.165) is 17.4 Å². The molecule has 0 spiro atoms. The second kappa shape index (κ2) is 4.75. The van der Waals surface area contributed by atoms with Crippen molar-refractivity contribution in [2.75, 3.05) is 4.72 Å². The van der Waals surface area contributed by atoms with Crippen LogP contribution in [-0.2, 0) is 10.0 Å². The van der Waals surface area contributed by atoms with Crippen LogP contribution in [0.4, 0.5) is 5.82 Å². The summed E-state index contributed by atoms with van der Waals surface area (Å²) in [5, 5.41) is 10.0. The highest BCUT2D eigenvalue weighted by Gasteiger charge is 2.18. The molecule has 2 heterocycles. The lowest BCUT2D eigenvalue weighted by Gasteiger charge is -2.04. The molecule has 2 aromatic heterocycles. The quantitative estimate of drug-likeness (QED) is 0.889. The van der Waals surface area contributed by atoms with E-state index in [1.807, 2.05) is 0 Å². The van der Waals surface area contributed by atoms with Crippen molar-refractivity contribution in [2.24, 2.45) is 0 Å². The number of aromatic carboxylic acids is 1. The fraction of sp³-hybridized carbons (Fsp3) is 0. The fourth-order valence-electron chi connectivity index (χ4n) is 1.19. The Labute approximate surface area is 107 Å². The molecule has 0 radical (unpaired) electrons. The zero-order chi connectivity index (χ0) is 13.2.